The Morgan fingerprint density at radius 1 is 1.36 bits per heavy atom. The molecule has 0 saturated heterocycles. The van der Waals surface area contributed by atoms with E-state index in [1.54, 1.807) is 0 Å². The van der Waals surface area contributed by atoms with Gasteiger partial charge in [-0.2, -0.15) is 0 Å². The standard InChI is InChI=1S/C19H26N4O2/c1-12-17(21-22-23(12)18(24)25-19(2,3)4)16(13-7-5-8-13)14-9-6-10-15(20)11-14/h6,9-11,13,16H,5,7-8,20H2,1-4H3. The summed E-state index contributed by atoms with van der Waals surface area (Å²) in [4.78, 5) is 12.4. The molecule has 6 nitrogen and oxygen atoms in total. The van der Waals surface area contributed by atoms with Gasteiger partial charge in [-0.05, 0) is 64.2 Å². The first-order valence-corrected chi connectivity index (χ1v) is 8.77. The van der Waals surface area contributed by atoms with E-state index in [0.717, 1.165) is 35.5 Å². The molecular formula is C19H26N4O2. The predicted octanol–water partition coefficient (Wildman–Crippen LogP) is 3.88. The highest BCUT2D eigenvalue weighted by molar-refractivity contribution is 5.70. The molecule has 1 aromatic heterocycles. The summed E-state index contributed by atoms with van der Waals surface area (Å²) in [5.41, 5.74) is 8.84. The molecule has 0 amide bonds. The van der Waals surface area contributed by atoms with Gasteiger partial charge in [-0.1, -0.05) is 23.8 Å². The summed E-state index contributed by atoms with van der Waals surface area (Å²) in [6, 6.07) is 7.91. The molecule has 1 aliphatic rings. The van der Waals surface area contributed by atoms with Gasteiger partial charge in [0, 0.05) is 11.6 Å². The number of carbonyl (C=O) groups is 1. The molecule has 1 aromatic carbocycles. The number of nitrogens with two attached hydrogens (primary N) is 1. The van der Waals surface area contributed by atoms with Crippen molar-refractivity contribution in [3.63, 3.8) is 0 Å². The molecule has 0 radical (unpaired) electrons. The summed E-state index contributed by atoms with van der Waals surface area (Å²) in [5.74, 6) is 0.609. The van der Waals surface area contributed by atoms with Crippen molar-refractivity contribution in [2.24, 2.45) is 5.92 Å². The summed E-state index contributed by atoms with van der Waals surface area (Å²) in [5, 5.41) is 8.42. The largest absolute Gasteiger partial charge is 0.442 e. The predicted molar refractivity (Wildman–Crippen MR) is 96.4 cm³/mol. The van der Waals surface area contributed by atoms with Crippen LogP contribution in [0.25, 0.3) is 0 Å². The van der Waals surface area contributed by atoms with Gasteiger partial charge >= 0.3 is 6.09 Å². The summed E-state index contributed by atoms with van der Waals surface area (Å²) >= 11 is 0. The summed E-state index contributed by atoms with van der Waals surface area (Å²) < 4.78 is 6.69. The Kier molecular flexibility index (Phi) is 4.54. The van der Waals surface area contributed by atoms with Crippen LogP contribution in [0.5, 0.6) is 0 Å². The Hall–Kier alpha value is -2.37. The molecule has 0 spiro atoms. The fourth-order valence-corrected chi connectivity index (χ4v) is 3.29. The minimum Gasteiger partial charge on any atom is -0.442 e. The van der Waals surface area contributed by atoms with Gasteiger partial charge < -0.3 is 10.5 Å². The molecule has 1 saturated carbocycles. The topological polar surface area (TPSA) is 83.0 Å². The molecule has 1 unspecified atom stereocenters. The molecule has 2 aromatic rings. The van der Waals surface area contributed by atoms with E-state index < -0.39 is 11.7 Å². The van der Waals surface area contributed by atoms with Crippen LogP contribution in [0.3, 0.4) is 0 Å². The van der Waals surface area contributed by atoms with Crippen molar-refractivity contribution in [3.8, 4) is 0 Å². The number of carbonyl (C=O) groups excluding carboxylic acids is 1. The third-order valence-corrected chi connectivity index (χ3v) is 4.68. The minimum absolute atomic E-state index is 0.105. The molecule has 0 bridgehead atoms. The minimum atomic E-state index is -0.573. The van der Waals surface area contributed by atoms with E-state index in [0.29, 0.717) is 5.92 Å². The lowest BCUT2D eigenvalue weighted by atomic mass is 9.71. The van der Waals surface area contributed by atoms with Gasteiger partial charge in [0.05, 0.1) is 11.4 Å². The lowest BCUT2D eigenvalue weighted by Gasteiger charge is -2.33. The second-order valence-corrected chi connectivity index (χ2v) is 7.79. The first-order chi connectivity index (χ1) is 11.8. The zero-order valence-corrected chi connectivity index (χ0v) is 15.3. The van der Waals surface area contributed by atoms with Crippen LogP contribution in [-0.4, -0.2) is 26.7 Å². The SMILES string of the molecule is Cc1c(C(c2cccc(N)c2)C2CCC2)nnn1C(=O)OC(C)(C)C. The van der Waals surface area contributed by atoms with Crippen LogP contribution >= 0.6 is 0 Å². The average molecular weight is 342 g/mol. The quantitative estimate of drug-likeness (QED) is 0.856. The van der Waals surface area contributed by atoms with Crippen molar-refractivity contribution in [2.75, 3.05) is 5.73 Å². The molecule has 2 N–H and O–H groups in total. The molecular weight excluding hydrogens is 316 g/mol. The van der Waals surface area contributed by atoms with Crippen molar-refractivity contribution in [1.29, 1.82) is 0 Å². The Morgan fingerprint density at radius 3 is 2.64 bits per heavy atom. The third-order valence-electron chi connectivity index (χ3n) is 4.68. The highest BCUT2D eigenvalue weighted by Crippen LogP contribution is 2.43. The van der Waals surface area contributed by atoms with Gasteiger partial charge in [-0.25, -0.2) is 4.79 Å². The lowest BCUT2D eigenvalue weighted by Crippen LogP contribution is -2.28. The van der Waals surface area contributed by atoms with Gasteiger partial charge in [0.25, 0.3) is 0 Å². The van der Waals surface area contributed by atoms with Gasteiger partial charge in [-0.15, -0.1) is 9.78 Å². The Balaban J connectivity index is 1.96. The third kappa shape index (κ3) is 3.67. The van der Waals surface area contributed by atoms with Crippen LogP contribution in [0.1, 0.15) is 62.9 Å². The Morgan fingerprint density at radius 2 is 2.08 bits per heavy atom. The number of hydrogen-bond acceptors (Lipinski definition) is 5. The second-order valence-electron chi connectivity index (χ2n) is 7.79. The van der Waals surface area contributed by atoms with Crippen molar-refractivity contribution in [3.05, 3.63) is 41.2 Å². The maximum absolute atomic E-state index is 12.4. The van der Waals surface area contributed by atoms with E-state index >= 15 is 0 Å². The van der Waals surface area contributed by atoms with E-state index in [1.807, 2.05) is 45.9 Å². The van der Waals surface area contributed by atoms with E-state index in [4.69, 9.17) is 10.5 Å². The van der Waals surface area contributed by atoms with Gasteiger partial charge in [0.2, 0.25) is 0 Å². The molecule has 1 fully saturated rings. The van der Waals surface area contributed by atoms with Crippen LogP contribution in [0.15, 0.2) is 24.3 Å². The first kappa shape index (κ1) is 17.5. The number of rotatable bonds is 3. The molecule has 1 heterocycles. The molecule has 1 atom stereocenters. The molecule has 0 aliphatic heterocycles. The Bertz CT molecular complexity index is 772. The van der Waals surface area contributed by atoms with Crippen molar-refractivity contribution in [1.82, 2.24) is 15.0 Å². The summed E-state index contributed by atoms with van der Waals surface area (Å²) in [6.07, 6.45) is 3.03. The van der Waals surface area contributed by atoms with Gasteiger partial charge in [0.15, 0.2) is 0 Å². The number of nitrogens with zero attached hydrogens (tertiary/aromatic N) is 3. The van der Waals surface area contributed by atoms with Crippen LogP contribution in [0.4, 0.5) is 10.5 Å². The molecule has 134 valence electrons. The monoisotopic (exact) mass is 342 g/mol. The van der Waals surface area contributed by atoms with E-state index in [-0.39, 0.29) is 5.92 Å². The maximum Gasteiger partial charge on any atom is 0.436 e. The number of benzene rings is 1. The Labute approximate surface area is 148 Å². The van der Waals surface area contributed by atoms with Crippen LogP contribution in [0, 0.1) is 12.8 Å². The smallest absolute Gasteiger partial charge is 0.436 e. The van der Waals surface area contributed by atoms with E-state index in [2.05, 4.69) is 16.4 Å². The summed E-state index contributed by atoms with van der Waals surface area (Å²) in [6.45, 7) is 7.38. The highest BCUT2D eigenvalue weighted by Gasteiger charge is 2.34. The number of hydrogen-bond donors (Lipinski definition) is 1. The first-order valence-electron chi connectivity index (χ1n) is 8.77. The summed E-state index contributed by atoms with van der Waals surface area (Å²) in [7, 11) is 0. The fraction of sp³-hybridized carbons (Fsp3) is 0.526. The van der Waals surface area contributed by atoms with Gasteiger partial charge in [0.1, 0.15) is 5.60 Å². The van der Waals surface area contributed by atoms with Crippen LogP contribution < -0.4 is 5.73 Å². The molecule has 6 heteroatoms. The molecule has 25 heavy (non-hydrogen) atoms. The van der Waals surface area contributed by atoms with E-state index in [1.165, 1.54) is 11.1 Å². The maximum atomic E-state index is 12.4. The number of nitrogen functional groups attached to an aromatic ring is 1. The van der Waals surface area contributed by atoms with Crippen LogP contribution in [0.2, 0.25) is 0 Å². The lowest BCUT2D eigenvalue weighted by molar-refractivity contribution is 0.0508. The van der Waals surface area contributed by atoms with Crippen molar-refractivity contribution in [2.45, 2.75) is 58.5 Å². The molecule has 1 aliphatic carbocycles. The van der Waals surface area contributed by atoms with Crippen LogP contribution in [-0.2, 0) is 4.74 Å². The number of aromatic nitrogens is 3. The second kappa shape index (κ2) is 6.50. The molecule has 3 rings (SSSR count). The number of anilines is 1. The zero-order valence-electron chi connectivity index (χ0n) is 15.3. The average Bonchev–Trinajstić information content (AvgIpc) is 2.82. The zero-order chi connectivity index (χ0) is 18.2. The van der Waals surface area contributed by atoms with Gasteiger partial charge in [-0.3, -0.25) is 0 Å². The highest BCUT2D eigenvalue weighted by atomic mass is 16.6. The van der Waals surface area contributed by atoms with E-state index in [9.17, 15) is 4.79 Å². The normalized spacial score (nSPS) is 16.3. The van der Waals surface area contributed by atoms with Crippen molar-refractivity contribution < 1.29 is 9.53 Å². The van der Waals surface area contributed by atoms with Crippen molar-refractivity contribution >= 4 is 11.8 Å². The number of ether oxygens (including phenoxy) is 1. The fourth-order valence-electron chi connectivity index (χ4n) is 3.29.